The standard InChI is InChI=1S/C15H19NO4/c1-18-14(19-2)11-5-6-12-15-8-10(16(11)12)4-3-9(15)7-13(17)20-15/h3-4,7,10-12,14H,5-6,8H2,1-2H3/t10-,11-,12-,15+/m1/s1. The van der Waals surface area contributed by atoms with Crippen LogP contribution in [0.3, 0.4) is 0 Å². The van der Waals surface area contributed by atoms with E-state index in [-0.39, 0.29) is 24.3 Å². The molecule has 0 amide bonds. The maximum Gasteiger partial charge on any atom is 0.332 e. The average molecular weight is 277 g/mol. The second-order valence-corrected chi connectivity index (χ2v) is 5.99. The van der Waals surface area contributed by atoms with Crippen LogP contribution in [0.25, 0.3) is 0 Å². The van der Waals surface area contributed by atoms with Crippen molar-refractivity contribution in [2.75, 3.05) is 14.2 Å². The van der Waals surface area contributed by atoms with Crippen molar-refractivity contribution in [3.05, 3.63) is 23.8 Å². The van der Waals surface area contributed by atoms with E-state index in [1.807, 2.05) is 0 Å². The molecule has 3 heterocycles. The van der Waals surface area contributed by atoms with Crippen LogP contribution < -0.4 is 0 Å². The lowest BCUT2D eigenvalue weighted by molar-refractivity contribution is -0.151. The summed E-state index contributed by atoms with van der Waals surface area (Å²) in [6, 6.07) is 0.782. The fraction of sp³-hybridized carbons (Fsp3) is 0.667. The Balaban J connectivity index is 1.71. The van der Waals surface area contributed by atoms with E-state index in [4.69, 9.17) is 14.2 Å². The number of carbonyl (C=O) groups excluding carboxylic acids is 1. The van der Waals surface area contributed by atoms with Gasteiger partial charge in [-0.3, -0.25) is 4.90 Å². The van der Waals surface area contributed by atoms with Crippen LogP contribution in [0.4, 0.5) is 0 Å². The maximum absolute atomic E-state index is 11.7. The normalized spacial score (nSPS) is 41.9. The van der Waals surface area contributed by atoms with E-state index in [1.165, 1.54) is 0 Å². The molecule has 0 unspecified atom stereocenters. The summed E-state index contributed by atoms with van der Waals surface area (Å²) in [6.45, 7) is 0. The number of methoxy groups -OCH3 is 2. The Morgan fingerprint density at radius 2 is 2.20 bits per heavy atom. The van der Waals surface area contributed by atoms with Gasteiger partial charge >= 0.3 is 5.97 Å². The Bertz CT molecular complexity index is 510. The summed E-state index contributed by atoms with van der Waals surface area (Å²) in [5.41, 5.74) is 0.621. The highest BCUT2D eigenvalue weighted by Gasteiger charge is 2.63. The lowest BCUT2D eigenvalue weighted by Crippen LogP contribution is -2.48. The molecule has 3 aliphatic heterocycles. The van der Waals surface area contributed by atoms with Gasteiger partial charge in [0, 0.05) is 38.3 Å². The van der Waals surface area contributed by atoms with Gasteiger partial charge in [-0.15, -0.1) is 0 Å². The van der Waals surface area contributed by atoms with Gasteiger partial charge < -0.3 is 14.2 Å². The minimum absolute atomic E-state index is 0.203. The van der Waals surface area contributed by atoms with Crippen molar-refractivity contribution < 1.29 is 19.0 Å². The Kier molecular flexibility index (Phi) is 2.61. The molecule has 4 aliphatic rings. The molecule has 108 valence electrons. The molecule has 5 heteroatoms. The Morgan fingerprint density at radius 1 is 1.40 bits per heavy atom. The molecule has 1 spiro atoms. The zero-order chi connectivity index (χ0) is 13.9. The van der Waals surface area contributed by atoms with E-state index in [0.29, 0.717) is 6.04 Å². The molecule has 0 saturated carbocycles. The van der Waals surface area contributed by atoms with Crippen LogP contribution in [-0.4, -0.2) is 55.1 Å². The van der Waals surface area contributed by atoms with E-state index >= 15 is 0 Å². The lowest BCUT2D eigenvalue weighted by atomic mass is 9.81. The highest BCUT2D eigenvalue weighted by Crippen LogP contribution is 2.54. The van der Waals surface area contributed by atoms with Crippen molar-refractivity contribution in [2.45, 2.75) is 49.3 Å². The number of nitrogens with zero attached hydrogens (tertiary/aromatic N) is 1. The quantitative estimate of drug-likeness (QED) is 0.569. The Labute approximate surface area is 118 Å². The molecule has 2 fully saturated rings. The SMILES string of the molecule is COC(OC)[C@H]1CC[C@H]2N1[C@@H]1C=CC3=CC(=O)O[C@@]32C1. The van der Waals surface area contributed by atoms with E-state index in [9.17, 15) is 4.79 Å². The van der Waals surface area contributed by atoms with Crippen molar-refractivity contribution in [1.82, 2.24) is 4.90 Å². The average Bonchev–Trinajstić information content (AvgIpc) is 3.06. The van der Waals surface area contributed by atoms with Gasteiger partial charge in [-0.1, -0.05) is 12.2 Å². The number of carbonyl (C=O) groups is 1. The van der Waals surface area contributed by atoms with Crippen LogP contribution in [-0.2, 0) is 19.0 Å². The summed E-state index contributed by atoms with van der Waals surface area (Å²) >= 11 is 0. The highest BCUT2D eigenvalue weighted by atomic mass is 16.7. The molecule has 4 rings (SSSR count). The third kappa shape index (κ3) is 1.40. The summed E-state index contributed by atoms with van der Waals surface area (Å²) in [4.78, 5) is 14.1. The largest absolute Gasteiger partial charge is 0.449 e. The molecular formula is C15H19NO4. The number of rotatable bonds is 3. The lowest BCUT2D eigenvalue weighted by Gasteiger charge is -2.33. The van der Waals surface area contributed by atoms with E-state index in [2.05, 4.69) is 17.1 Å². The highest BCUT2D eigenvalue weighted by molar-refractivity contribution is 5.88. The van der Waals surface area contributed by atoms with Crippen LogP contribution in [0.1, 0.15) is 19.3 Å². The zero-order valence-corrected chi connectivity index (χ0v) is 11.7. The monoisotopic (exact) mass is 277 g/mol. The molecule has 2 saturated heterocycles. The first-order chi connectivity index (χ1) is 9.69. The van der Waals surface area contributed by atoms with Gasteiger partial charge in [-0.05, 0) is 12.8 Å². The number of ether oxygens (including phenoxy) is 3. The first kappa shape index (κ1) is 12.6. The first-order valence-corrected chi connectivity index (χ1v) is 7.16. The number of esters is 1. The molecule has 4 atom stereocenters. The van der Waals surface area contributed by atoms with Crippen LogP contribution in [0.2, 0.25) is 0 Å². The Morgan fingerprint density at radius 3 is 2.95 bits per heavy atom. The van der Waals surface area contributed by atoms with Crippen molar-refractivity contribution in [2.24, 2.45) is 0 Å². The molecule has 0 aromatic heterocycles. The summed E-state index contributed by atoms with van der Waals surface area (Å²) in [6.07, 6.45) is 8.55. The summed E-state index contributed by atoms with van der Waals surface area (Å²) in [5.74, 6) is -0.203. The molecule has 5 nitrogen and oxygen atoms in total. The second kappa shape index (κ2) is 4.16. The number of fused-ring (bicyclic) bond motifs is 3. The van der Waals surface area contributed by atoms with E-state index in [1.54, 1.807) is 20.3 Å². The minimum Gasteiger partial charge on any atom is -0.449 e. The van der Waals surface area contributed by atoms with Crippen LogP contribution in [0.15, 0.2) is 23.8 Å². The molecule has 0 radical (unpaired) electrons. The van der Waals surface area contributed by atoms with Crippen LogP contribution in [0.5, 0.6) is 0 Å². The van der Waals surface area contributed by atoms with Gasteiger partial charge in [0.2, 0.25) is 0 Å². The van der Waals surface area contributed by atoms with Gasteiger partial charge in [0.15, 0.2) is 11.9 Å². The molecule has 20 heavy (non-hydrogen) atoms. The van der Waals surface area contributed by atoms with Gasteiger partial charge in [0.25, 0.3) is 0 Å². The molecule has 1 aliphatic carbocycles. The van der Waals surface area contributed by atoms with E-state index < -0.39 is 5.60 Å². The Hall–Kier alpha value is -1.17. The maximum atomic E-state index is 11.7. The van der Waals surface area contributed by atoms with Crippen LogP contribution >= 0.6 is 0 Å². The van der Waals surface area contributed by atoms with Crippen molar-refractivity contribution in [3.8, 4) is 0 Å². The summed E-state index contributed by atoms with van der Waals surface area (Å²) in [7, 11) is 3.36. The molecule has 0 aromatic rings. The molecule has 0 N–H and O–H groups in total. The predicted molar refractivity (Wildman–Crippen MR) is 70.9 cm³/mol. The molecule has 0 aromatic carbocycles. The third-order valence-corrected chi connectivity index (χ3v) is 5.23. The van der Waals surface area contributed by atoms with E-state index in [0.717, 1.165) is 24.8 Å². The van der Waals surface area contributed by atoms with Crippen molar-refractivity contribution in [3.63, 3.8) is 0 Å². The number of hydrogen-bond donors (Lipinski definition) is 0. The fourth-order valence-electron chi connectivity index (χ4n) is 4.56. The van der Waals surface area contributed by atoms with Gasteiger partial charge in [-0.25, -0.2) is 4.79 Å². The van der Waals surface area contributed by atoms with Crippen molar-refractivity contribution >= 4 is 5.97 Å². The number of hydrogen-bond acceptors (Lipinski definition) is 5. The van der Waals surface area contributed by atoms with Gasteiger partial charge in [0.1, 0.15) is 0 Å². The van der Waals surface area contributed by atoms with Crippen molar-refractivity contribution in [1.29, 1.82) is 0 Å². The van der Waals surface area contributed by atoms with Crippen LogP contribution in [0, 0.1) is 0 Å². The predicted octanol–water partition coefficient (Wildman–Crippen LogP) is 1.00. The summed E-state index contributed by atoms with van der Waals surface area (Å²) < 4.78 is 16.7. The third-order valence-electron chi connectivity index (χ3n) is 5.23. The molecule has 2 bridgehead atoms. The van der Waals surface area contributed by atoms with Gasteiger partial charge in [-0.2, -0.15) is 0 Å². The smallest absolute Gasteiger partial charge is 0.332 e. The second-order valence-electron chi connectivity index (χ2n) is 5.99. The first-order valence-electron chi connectivity index (χ1n) is 7.16. The van der Waals surface area contributed by atoms with Gasteiger partial charge in [0.05, 0.1) is 12.1 Å². The fourth-order valence-corrected chi connectivity index (χ4v) is 4.56. The topological polar surface area (TPSA) is 48.0 Å². The molecular weight excluding hydrogens is 258 g/mol. The summed E-state index contributed by atoms with van der Waals surface area (Å²) in [5, 5.41) is 0. The zero-order valence-electron chi connectivity index (χ0n) is 11.7. The minimum atomic E-state index is -0.419.